The zero-order chi connectivity index (χ0) is 11.6. The second kappa shape index (κ2) is 8.55. The predicted octanol–water partition coefficient (Wildman–Crippen LogP) is 4.92. The second-order valence-electron chi connectivity index (χ2n) is 4.85. The van der Waals surface area contributed by atoms with Gasteiger partial charge in [0.05, 0.1) is 6.04 Å². The predicted molar refractivity (Wildman–Crippen MR) is 73.3 cm³/mol. The largest absolute Gasteiger partial charge is 0.286 e. The van der Waals surface area contributed by atoms with Crippen molar-refractivity contribution in [1.29, 1.82) is 0 Å². The normalized spacial score (nSPS) is 20.6. The SMILES string of the molecule is CCCCC=CC1=NC(CCCCC)CC1. The number of aliphatic imine (C=N–C) groups is 1. The third-order valence-electron chi connectivity index (χ3n) is 3.26. The molecule has 1 nitrogen and oxygen atoms in total. The number of rotatable bonds is 8. The minimum atomic E-state index is 0.636. The van der Waals surface area contributed by atoms with Gasteiger partial charge in [-0.05, 0) is 31.8 Å². The Morgan fingerprint density at radius 3 is 2.75 bits per heavy atom. The molecule has 0 aliphatic carbocycles. The van der Waals surface area contributed by atoms with E-state index in [1.807, 2.05) is 0 Å². The van der Waals surface area contributed by atoms with Crippen molar-refractivity contribution in [3.8, 4) is 0 Å². The van der Waals surface area contributed by atoms with Gasteiger partial charge in [0.2, 0.25) is 0 Å². The molecule has 1 heterocycles. The van der Waals surface area contributed by atoms with Crippen molar-refractivity contribution in [2.24, 2.45) is 4.99 Å². The van der Waals surface area contributed by atoms with Crippen LogP contribution in [0.1, 0.15) is 71.6 Å². The van der Waals surface area contributed by atoms with Gasteiger partial charge in [0, 0.05) is 5.71 Å². The number of allylic oxidation sites excluding steroid dienone is 2. The zero-order valence-corrected chi connectivity index (χ0v) is 11.0. The summed E-state index contributed by atoms with van der Waals surface area (Å²) >= 11 is 0. The summed E-state index contributed by atoms with van der Waals surface area (Å²) in [5.41, 5.74) is 1.35. The summed E-state index contributed by atoms with van der Waals surface area (Å²) in [7, 11) is 0. The van der Waals surface area contributed by atoms with Crippen molar-refractivity contribution in [2.45, 2.75) is 77.7 Å². The van der Waals surface area contributed by atoms with Crippen molar-refractivity contribution in [2.75, 3.05) is 0 Å². The van der Waals surface area contributed by atoms with Gasteiger partial charge in [0.1, 0.15) is 0 Å². The highest BCUT2D eigenvalue weighted by Gasteiger charge is 2.14. The lowest BCUT2D eigenvalue weighted by Crippen LogP contribution is -1.98. The van der Waals surface area contributed by atoms with Crippen molar-refractivity contribution < 1.29 is 0 Å². The van der Waals surface area contributed by atoms with E-state index in [0.717, 1.165) is 0 Å². The van der Waals surface area contributed by atoms with E-state index in [1.165, 1.54) is 63.5 Å². The zero-order valence-electron chi connectivity index (χ0n) is 11.0. The topological polar surface area (TPSA) is 12.4 Å². The molecule has 0 amide bonds. The average Bonchev–Trinajstić information content (AvgIpc) is 2.73. The first kappa shape index (κ1) is 13.5. The molecule has 0 bridgehead atoms. The molecule has 16 heavy (non-hydrogen) atoms. The highest BCUT2D eigenvalue weighted by molar-refractivity contribution is 5.96. The highest BCUT2D eigenvalue weighted by atomic mass is 14.8. The van der Waals surface area contributed by atoms with E-state index in [2.05, 4.69) is 26.0 Å². The van der Waals surface area contributed by atoms with Gasteiger partial charge in [-0.2, -0.15) is 0 Å². The summed E-state index contributed by atoms with van der Waals surface area (Å²) in [5.74, 6) is 0. The van der Waals surface area contributed by atoms with Crippen LogP contribution >= 0.6 is 0 Å². The third-order valence-corrected chi connectivity index (χ3v) is 3.26. The number of unbranched alkanes of at least 4 members (excludes halogenated alkanes) is 4. The lowest BCUT2D eigenvalue weighted by atomic mass is 10.1. The van der Waals surface area contributed by atoms with E-state index in [9.17, 15) is 0 Å². The number of hydrogen-bond acceptors (Lipinski definition) is 1. The maximum absolute atomic E-state index is 4.79. The van der Waals surface area contributed by atoms with Crippen LogP contribution in [0.2, 0.25) is 0 Å². The molecule has 0 saturated carbocycles. The molecular weight excluding hydrogens is 194 g/mol. The summed E-state index contributed by atoms with van der Waals surface area (Å²) in [6.45, 7) is 4.50. The molecule has 0 fully saturated rings. The Morgan fingerprint density at radius 1 is 1.19 bits per heavy atom. The molecule has 0 aromatic heterocycles. The molecule has 1 aliphatic heterocycles. The van der Waals surface area contributed by atoms with Crippen molar-refractivity contribution in [3.63, 3.8) is 0 Å². The van der Waals surface area contributed by atoms with E-state index in [-0.39, 0.29) is 0 Å². The maximum atomic E-state index is 4.79. The Bertz CT molecular complexity index is 228. The summed E-state index contributed by atoms with van der Waals surface area (Å²) in [6.07, 6.45) is 16.2. The molecular formula is C15H27N. The van der Waals surface area contributed by atoms with E-state index in [1.54, 1.807) is 0 Å². The molecule has 1 atom stereocenters. The van der Waals surface area contributed by atoms with Gasteiger partial charge in [0.15, 0.2) is 0 Å². The Kier molecular flexibility index (Phi) is 7.20. The van der Waals surface area contributed by atoms with Crippen LogP contribution in [0.5, 0.6) is 0 Å². The van der Waals surface area contributed by atoms with Crippen LogP contribution in [0.15, 0.2) is 17.1 Å². The van der Waals surface area contributed by atoms with Crippen LogP contribution in [0.4, 0.5) is 0 Å². The minimum absolute atomic E-state index is 0.636. The van der Waals surface area contributed by atoms with Crippen LogP contribution < -0.4 is 0 Å². The number of hydrogen-bond donors (Lipinski definition) is 0. The van der Waals surface area contributed by atoms with Gasteiger partial charge < -0.3 is 0 Å². The molecule has 1 unspecified atom stereocenters. The summed E-state index contributed by atoms with van der Waals surface area (Å²) in [6, 6.07) is 0.636. The van der Waals surface area contributed by atoms with Crippen molar-refractivity contribution in [3.05, 3.63) is 12.2 Å². The Labute approximate surface area is 101 Å². The fourth-order valence-electron chi connectivity index (χ4n) is 2.18. The second-order valence-corrected chi connectivity index (χ2v) is 4.85. The monoisotopic (exact) mass is 221 g/mol. The van der Waals surface area contributed by atoms with Gasteiger partial charge in [-0.25, -0.2) is 0 Å². The third kappa shape index (κ3) is 5.48. The lowest BCUT2D eigenvalue weighted by molar-refractivity contribution is 0.560. The fourth-order valence-corrected chi connectivity index (χ4v) is 2.18. The smallest absolute Gasteiger partial charge is 0.0506 e. The molecule has 1 aliphatic rings. The molecule has 0 saturated heterocycles. The summed E-state index contributed by atoms with van der Waals surface area (Å²) in [5, 5.41) is 0. The molecule has 0 radical (unpaired) electrons. The van der Waals surface area contributed by atoms with Gasteiger partial charge in [-0.3, -0.25) is 4.99 Å². The molecule has 92 valence electrons. The van der Waals surface area contributed by atoms with E-state index in [4.69, 9.17) is 4.99 Å². The summed E-state index contributed by atoms with van der Waals surface area (Å²) in [4.78, 5) is 4.79. The van der Waals surface area contributed by atoms with Crippen LogP contribution in [-0.2, 0) is 0 Å². The summed E-state index contributed by atoms with van der Waals surface area (Å²) < 4.78 is 0. The molecule has 0 spiro atoms. The quantitative estimate of drug-likeness (QED) is 0.516. The minimum Gasteiger partial charge on any atom is -0.286 e. The van der Waals surface area contributed by atoms with Crippen LogP contribution in [0.3, 0.4) is 0 Å². The Balaban J connectivity index is 2.18. The molecule has 0 aromatic rings. The number of nitrogens with zero attached hydrogens (tertiary/aromatic N) is 1. The van der Waals surface area contributed by atoms with Crippen LogP contribution in [0.25, 0.3) is 0 Å². The van der Waals surface area contributed by atoms with Crippen molar-refractivity contribution >= 4 is 5.71 Å². The average molecular weight is 221 g/mol. The molecule has 1 rings (SSSR count). The van der Waals surface area contributed by atoms with E-state index < -0.39 is 0 Å². The van der Waals surface area contributed by atoms with E-state index in [0.29, 0.717) is 6.04 Å². The lowest BCUT2D eigenvalue weighted by Gasteiger charge is -2.04. The van der Waals surface area contributed by atoms with Gasteiger partial charge in [-0.1, -0.05) is 52.0 Å². The maximum Gasteiger partial charge on any atom is 0.0506 e. The first-order chi connectivity index (χ1) is 7.86. The highest BCUT2D eigenvalue weighted by Crippen LogP contribution is 2.19. The Morgan fingerprint density at radius 2 is 2.00 bits per heavy atom. The van der Waals surface area contributed by atoms with Crippen LogP contribution in [0, 0.1) is 0 Å². The Hall–Kier alpha value is -0.590. The first-order valence-corrected chi connectivity index (χ1v) is 7.10. The molecule has 0 N–H and O–H groups in total. The molecule has 0 aromatic carbocycles. The van der Waals surface area contributed by atoms with Gasteiger partial charge >= 0.3 is 0 Å². The van der Waals surface area contributed by atoms with Crippen LogP contribution in [-0.4, -0.2) is 11.8 Å². The molecule has 1 heteroatoms. The fraction of sp³-hybridized carbons (Fsp3) is 0.800. The van der Waals surface area contributed by atoms with Gasteiger partial charge in [-0.15, -0.1) is 0 Å². The van der Waals surface area contributed by atoms with Crippen molar-refractivity contribution in [1.82, 2.24) is 0 Å². The first-order valence-electron chi connectivity index (χ1n) is 7.10. The standard InChI is InChI=1S/C15H27N/c1-3-5-7-9-11-15-13-12-14(16-15)10-8-6-4-2/h9,11,14H,3-8,10,12-13H2,1-2H3. The van der Waals surface area contributed by atoms with E-state index >= 15 is 0 Å². The van der Waals surface area contributed by atoms with Gasteiger partial charge in [0.25, 0.3) is 0 Å².